The average Bonchev–Trinajstić information content (AvgIpc) is 2.10. The number of halogens is 5. The third kappa shape index (κ3) is 2.26. The molecule has 0 unspecified atom stereocenters. The Morgan fingerprint density at radius 1 is 1.20 bits per heavy atom. The minimum Gasteiger partial charge on any atom is -0.316 e. The van der Waals surface area contributed by atoms with Gasteiger partial charge in [0.05, 0.1) is 0 Å². The zero-order chi connectivity index (χ0) is 11.8. The third-order valence-corrected chi connectivity index (χ3v) is 1.98. The summed E-state index contributed by atoms with van der Waals surface area (Å²) in [5, 5.41) is 0. The normalized spacial score (nSPS) is 14.1. The zero-order valence-corrected chi connectivity index (χ0v) is 7.70. The molecule has 0 aliphatic rings. The molecule has 6 heteroatoms. The van der Waals surface area contributed by atoms with Crippen molar-refractivity contribution < 1.29 is 22.0 Å². The smallest absolute Gasteiger partial charge is 0.316 e. The fraction of sp³-hybridized carbons (Fsp3) is 0.333. The van der Waals surface area contributed by atoms with E-state index in [1.165, 1.54) is 6.92 Å². The predicted octanol–water partition coefficient (Wildman–Crippen LogP) is 2.84. The number of aryl methyl sites for hydroxylation is 1. The van der Waals surface area contributed by atoms with Crippen LogP contribution in [0, 0.1) is 18.6 Å². The first-order valence-corrected chi connectivity index (χ1v) is 4.02. The van der Waals surface area contributed by atoms with Crippen LogP contribution in [-0.2, 0) is 0 Å². The van der Waals surface area contributed by atoms with Crippen molar-refractivity contribution in [2.24, 2.45) is 5.73 Å². The molecule has 0 bridgehead atoms. The lowest BCUT2D eigenvalue weighted by atomic mass is 10.0. The summed E-state index contributed by atoms with van der Waals surface area (Å²) in [5.74, 6) is -2.54. The summed E-state index contributed by atoms with van der Waals surface area (Å²) in [4.78, 5) is 0. The molecule has 0 radical (unpaired) electrons. The first-order valence-electron chi connectivity index (χ1n) is 4.02. The first-order chi connectivity index (χ1) is 6.75. The number of alkyl halides is 3. The minimum atomic E-state index is -4.87. The summed E-state index contributed by atoms with van der Waals surface area (Å²) in [5.41, 5.74) is 3.52. The van der Waals surface area contributed by atoms with Crippen LogP contribution in [0.4, 0.5) is 22.0 Å². The van der Waals surface area contributed by atoms with Crippen LogP contribution in [0.2, 0.25) is 0 Å². The Morgan fingerprint density at radius 2 is 1.73 bits per heavy atom. The van der Waals surface area contributed by atoms with Crippen molar-refractivity contribution >= 4 is 0 Å². The van der Waals surface area contributed by atoms with Crippen LogP contribution in [0.5, 0.6) is 0 Å². The van der Waals surface area contributed by atoms with Gasteiger partial charge >= 0.3 is 6.18 Å². The summed E-state index contributed by atoms with van der Waals surface area (Å²) in [6.45, 7) is 1.24. The van der Waals surface area contributed by atoms with Gasteiger partial charge in [-0.05, 0) is 18.6 Å². The van der Waals surface area contributed by atoms with Crippen LogP contribution in [0.25, 0.3) is 0 Å². The molecule has 0 heterocycles. The van der Waals surface area contributed by atoms with E-state index in [1.54, 1.807) is 0 Å². The molecule has 0 amide bonds. The SMILES string of the molecule is Cc1ccc(F)c([C@@H](N)C(F)(F)F)c1F. The van der Waals surface area contributed by atoms with Crippen LogP contribution in [0.1, 0.15) is 17.2 Å². The van der Waals surface area contributed by atoms with Gasteiger partial charge in [-0.2, -0.15) is 13.2 Å². The summed E-state index contributed by atoms with van der Waals surface area (Å²) in [6.07, 6.45) is -4.87. The van der Waals surface area contributed by atoms with Crippen molar-refractivity contribution in [2.45, 2.75) is 19.1 Å². The van der Waals surface area contributed by atoms with Gasteiger partial charge in [0.25, 0.3) is 0 Å². The molecule has 1 aromatic carbocycles. The van der Waals surface area contributed by atoms with Crippen LogP contribution < -0.4 is 5.73 Å². The van der Waals surface area contributed by atoms with Crippen molar-refractivity contribution in [1.82, 2.24) is 0 Å². The van der Waals surface area contributed by atoms with Gasteiger partial charge in [-0.1, -0.05) is 6.07 Å². The Balaban J connectivity index is 3.31. The molecule has 84 valence electrons. The number of rotatable bonds is 1. The average molecular weight is 225 g/mol. The highest BCUT2D eigenvalue weighted by Gasteiger charge is 2.41. The highest BCUT2D eigenvalue weighted by atomic mass is 19.4. The second-order valence-electron chi connectivity index (χ2n) is 3.11. The Bertz CT molecular complexity index is 372. The van der Waals surface area contributed by atoms with Crippen LogP contribution in [-0.4, -0.2) is 6.18 Å². The van der Waals surface area contributed by atoms with Crippen molar-refractivity contribution in [2.75, 3.05) is 0 Å². The Labute approximate surface area is 82.7 Å². The monoisotopic (exact) mass is 225 g/mol. The lowest BCUT2D eigenvalue weighted by molar-refractivity contribution is -0.150. The second kappa shape index (κ2) is 3.77. The molecule has 1 atom stereocenters. The van der Waals surface area contributed by atoms with Crippen molar-refractivity contribution in [3.63, 3.8) is 0 Å². The van der Waals surface area contributed by atoms with Gasteiger partial charge in [0, 0.05) is 5.56 Å². The summed E-state index contributed by atoms with van der Waals surface area (Å²) in [6, 6.07) is -0.825. The number of hydrogen-bond donors (Lipinski definition) is 1. The second-order valence-corrected chi connectivity index (χ2v) is 3.11. The van der Waals surface area contributed by atoms with Crippen molar-refractivity contribution in [1.29, 1.82) is 0 Å². The van der Waals surface area contributed by atoms with Crippen LogP contribution in [0.15, 0.2) is 12.1 Å². The molecular weight excluding hydrogens is 217 g/mol. The molecule has 1 nitrogen and oxygen atoms in total. The summed E-state index contributed by atoms with van der Waals surface area (Å²) < 4.78 is 62.7. The maximum atomic E-state index is 13.2. The summed E-state index contributed by atoms with van der Waals surface area (Å²) in [7, 11) is 0. The highest BCUT2D eigenvalue weighted by Crippen LogP contribution is 2.33. The largest absolute Gasteiger partial charge is 0.407 e. The molecule has 0 saturated carbocycles. The molecule has 0 aromatic heterocycles. The Morgan fingerprint density at radius 3 is 2.20 bits per heavy atom. The molecule has 0 spiro atoms. The van der Waals surface area contributed by atoms with E-state index in [-0.39, 0.29) is 5.56 Å². The molecule has 2 N–H and O–H groups in total. The van der Waals surface area contributed by atoms with Crippen LogP contribution >= 0.6 is 0 Å². The molecule has 0 aliphatic heterocycles. The highest BCUT2D eigenvalue weighted by molar-refractivity contribution is 5.29. The van der Waals surface area contributed by atoms with Gasteiger partial charge in [0.15, 0.2) is 0 Å². The molecular formula is C9H8F5N. The van der Waals surface area contributed by atoms with Gasteiger partial charge in [-0.15, -0.1) is 0 Å². The van der Waals surface area contributed by atoms with E-state index in [1.807, 2.05) is 0 Å². The van der Waals surface area contributed by atoms with E-state index >= 15 is 0 Å². The van der Waals surface area contributed by atoms with Crippen molar-refractivity contribution in [3.8, 4) is 0 Å². The van der Waals surface area contributed by atoms with E-state index in [2.05, 4.69) is 0 Å². The zero-order valence-electron chi connectivity index (χ0n) is 7.70. The minimum absolute atomic E-state index is 0.0777. The third-order valence-electron chi connectivity index (χ3n) is 1.98. The van der Waals surface area contributed by atoms with E-state index in [0.717, 1.165) is 12.1 Å². The fourth-order valence-electron chi connectivity index (χ4n) is 1.13. The van der Waals surface area contributed by atoms with Gasteiger partial charge in [0.2, 0.25) is 0 Å². The van der Waals surface area contributed by atoms with Gasteiger partial charge < -0.3 is 5.73 Å². The van der Waals surface area contributed by atoms with E-state index in [4.69, 9.17) is 5.73 Å². The molecule has 1 aromatic rings. The maximum absolute atomic E-state index is 13.2. The lowest BCUT2D eigenvalue weighted by Gasteiger charge is -2.17. The van der Waals surface area contributed by atoms with Gasteiger partial charge in [-0.3, -0.25) is 0 Å². The molecule has 0 saturated heterocycles. The van der Waals surface area contributed by atoms with Gasteiger partial charge in [-0.25, -0.2) is 8.78 Å². The number of nitrogens with two attached hydrogens (primary N) is 1. The summed E-state index contributed by atoms with van der Waals surface area (Å²) >= 11 is 0. The number of benzene rings is 1. The predicted molar refractivity (Wildman–Crippen MR) is 44.1 cm³/mol. The van der Waals surface area contributed by atoms with E-state index < -0.39 is 29.4 Å². The maximum Gasteiger partial charge on any atom is 0.407 e. The first kappa shape index (κ1) is 11.9. The van der Waals surface area contributed by atoms with Crippen LogP contribution in [0.3, 0.4) is 0 Å². The Hall–Kier alpha value is -1.17. The molecule has 0 aliphatic carbocycles. The van der Waals surface area contributed by atoms with Gasteiger partial charge in [0.1, 0.15) is 17.7 Å². The molecule has 15 heavy (non-hydrogen) atoms. The van der Waals surface area contributed by atoms with Crippen molar-refractivity contribution in [3.05, 3.63) is 34.9 Å². The molecule has 0 fully saturated rings. The number of hydrogen-bond acceptors (Lipinski definition) is 1. The topological polar surface area (TPSA) is 26.0 Å². The van der Waals surface area contributed by atoms with E-state index in [0.29, 0.717) is 0 Å². The molecule has 1 rings (SSSR count). The lowest BCUT2D eigenvalue weighted by Crippen LogP contribution is -2.30. The van der Waals surface area contributed by atoms with E-state index in [9.17, 15) is 22.0 Å². The Kier molecular flexibility index (Phi) is 2.99. The quantitative estimate of drug-likeness (QED) is 0.730. The standard InChI is InChI=1S/C9H8F5N/c1-4-2-3-5(10)6(7(4)11)8(15)9(12,13)14/h2-3,8H,15H2,1H3/t8-/m1/s1. The fourth-order valence-corrected chi connectivity index (χ4v) is 1.13.